The smallest absolute Gasteiger partial charge is 0.355 e. The van der Waals surface area contributed by atoms with Crippen LogP contribution in [-0.4, -0.2) is 26.2 Å². The van der Waals surface area contributed by atoms with Crippen molar-refractivity contribution in [2.24, 2.45) is 0 Å². The normalized spacial score (nSPS) is 13.8. The Kier molecular flexibility index (Phi) is 5.63. The molecule has 7 heteroatoms. The number of carbonyl (C=O) groups is 2. The number of ether oxygens (including phenoxy) is 2. The molecule has 120 valence electrons. The van der Waals surface area contributed by atoms with Gasteiger partial charge in [-0.05, 0) is 30.4 Å². The maximum Gasteiger partial charge on any atom is 0.355 e. The summed E-state index contributed by atoms with van der Waals surface area (Å²) in [7, 11) is 2.48. The van der Waals surface area contributed by atoms with Crippen molar-refractivity contribution in [1.82, 2.24) is 0 Å². The van der Waals surface area contributed by atoms with Gasteiger partial charge in [0, 0.05) is 10.7 Å². The van der Waals surface area contributed by atoms with E-state index in [4.69, 9.17) is 21.1 Å². The monoisotopic (exact) mass is 397 g/mol. The molecule has 0 aromatic heterocycles. The van der Waals surface area contributed by atoms with Gasteiger partial charge in [0.2, 0.25) is 0 Å². The number of hydrogen-bond acceptors (Lipinski definition) is 5. The van der Waals surface area contributed by atoms with Crippen LogP contribution < -0.4 is 4.90 Å². The summed E-state index contributed by atoms with van der Waals surface area (Å²) in [5.41, 5.74) is 0.604. The first-order chi connectivity index (χ1) is 11.0. The molecule has 0 aliphatic carbocycles. The average molecular weight is 399 g/mol. The highest BCUT2D eigenvalue weighted by atomic mass is 79.9. The van der Waals surface area contributed by atoms with Crippen LogP contribution in [0.5, 0.6) is 0 Å². The van der Waals surface area contributed by atoms with Crippen molar-refractivity contribution in [1.29, 1.82) is 0 Å². The van der Waals surface area contributed by atoms with E-state index >= 15 is 0 Å². The molecule has 2 rings (SSSR count). The molecule has 0 unspecified atom stereocenters. The molecule has 0 amide bonds. The Bertz CT molecular complexity index is 740. The first-order valence-electron chi connectivity index (χ1n) is 6.49. The largest absolute Gasteiger partial charge is 0.465 e. The highest BCUT2D eigenvalue weighted by molar-refractivity contribution is 9.10. The van der Waals surface area contributed by atoms with Crippen molar-refractivity contribution in [3.8, 4) is 0 Å². The van der Waals surface area contributed by atoms with Crippen molar-refractivity contribution in [3.63, 3.8) is 0 Å². The van der Waals surface area contributed by atoms with E-state index in [0.717, 1.165) is 4.47 Å². The third-order valence-corrected chi connectivity index (χ3v) is 3.87. The summed E-state index contributed by atoms with van der Waals surface area (Å²) >= 11 is 9.61. The molecule has 0 spiro atoms. The van der Waals surface area contributed by atoms with Crippen LogP contribution in [0.4, 0.5) is 5.69 Å². The van der Waals surface area contributed by atoms with Crippen molar-refractivity contribution < 1.29 is 19.1 Å². The maximum absolute atomic E-state index is 12.3. The SMILES string of the molecule is COC(=O)C1=C(C(=O)OC)N(c2cc(Br)ccc2Cl)C=CC=C1. The molecule has 1 aliphatic rings. The van der Waals surface area contributed by atoms with Crippen LogP contribution in [0.2, 0.25) is 5.02 Å². The van der Waals surface area contributed by atoms with Crippen LogP contribution in [0.1, 0.15) is 0 Å². The number of nitrogens with zero attached hydrogens (tertiary/aromatic N) is 1. The Morgan fingerprint density at radius 1 is 1.13 bits per heavy atom. The Balaban J connectivity index is 2.71. The minimum absolute atomic E-state index is 0.0179. The van der Waals surface area contributed by atoms with Gasteiger partial charge in [0.05, 0.1) is 30.5 Å². The minimum atomic E-state index is -0.683. The second-order valence-electron chi connectivity index (χ2n) is 4.41. The fourth-order valence-electron chi connectivity index (χ4n) is 2.02. The molecule has 0 radical (unpaired) electrons. The van der Waals surface area contributed by atoms with Gasteiger partial charge >= 0.3 is 11.9 Å². The zero-order valence-corrected chi connectivity index (χ0v) is 14.7. The van der Waals surface area contributed by atoms with E-state index < -0.39 is 11.9 Å². The molecule has 0 saturated carbocycles. The van der Waals surface area contributed by atoms with Crippen molar-refractivity contribution in [2.45, 2.75) is 0 Å². The molecular formula is C16H13BrClNO4. The summed E-state index contributed by atoms with van der Waals surface area (Å²) in [4.78, 5) is 25.8. The third-order valence-electron chi connectivity index (χ3n) is 3.06. The summed E-state index contributed by atoms with van der Waals surface area (Å²) in [6.45, 7) is 0. The topological polar surface area (TPSA) is 55.8 Å². The molecular weight excluding hydrogens is 386 g/mol. The molecule has 0 bridgehead atoms. The molecule has 1 aliphatic heterocycles. The van der Waals surface area contributed by atoms with Crippen molar-refractivity contribution >= 4 is 45.2 Å². The van der Waals surface area contributed by atoms with Gasteiger partial charge in [-0.3, -0.25) is 0 Å². The number of halogens is 2. The van der Waals surface area contributed by atoms with Crippen LogP contribution >= 0.6 is 27.5 Å². The van der Waals surface area contributed by atoms with Crippen molar-refractivity contribution in [3.05, 3.63) is 63.4 Å². The van der Waals surface area contributed by atoms with Gasteiger partial charge in [-0.1, -0.05) is 33.6 Å². The number of rotatable bonds is 3. The second kappa shape index (κ2) is 7.48. The maximum atomic E-state index is 12.3. The van der Waals surface area contributed by atoms with Crippen LogP contribution in [0, 0.1) is 0 Å². The number of benzene rings is 1. The van der Waals surface area contributed by atoms with Gasteiger partial charge in [-0.2, -0.15) is 0 Å². The lowest BCUT2D eigenvalue weighted by Crippen LogP contribution is -2.27. The molecule has 0 saturated heterocycles. The number of carbonyl (C=O) groups excluding carboxylic acids is 2. The van der Waals surface area contributed by atoms with Gasteiger partial charge in [0.15, 0.2) is 0 Å². The van der Waals surface area contributed by atoms with Gasteiger partial charge < -0.3 is 14.4 Å². The Morgan fingerprint density at radius 3 is 2.48 bits per heavy atom. The van der Waals surface area contributed by atoms with E-state index in [1.165, 1.54) is 25.2 Å². The minimum Gasteiger partial charge on any atom is -0.465 e. The van der Waals surface area contributed by atoms with Crippen LogP contribution in [0.3, 0.4) is 0 Å². The molecule has 1 aromatic carbocycles. The summed E-state index contributed by atoms with van der Waals surface area (Å²) < 4.78 is 10.3. The predicted molar refractivity (Wildman–Crippen MR) is 91.0 cm³/mol. The van der Waals surface area contributed by atoms with E-state index in [0.29, 0.717) is 10.7 Å². The standard InChI is InChI=1S/C16H13BrClNO4/c1-22-15(20)11-5-3-4-8-19(14(11)16(21)23-2)13-9-10(17)6-7-12(13)18/h3-9H,1-2H3. The van der Waals surface area contributed by atoms with E-state index in [9.17, 15) is 9.59 Å². The fraction of sp³-hybridized carbons (Fsp3) is 0.125. The molecule has 0 N–H and O–H groups in total. The summed E-state index contributed by atoms with van der Waals surface area (Å²) in [6.07, 6.45) is 6.41. The lowest BCUT2D eigenvalue weighted by molar-refractivity contribution is -0.139. The zero-order chi connectivity index (χ0) is 17.0. The molecule has 5 nitrogen and oxygen atoms in total. The lowest BCUT2D eigenvalue weighted by Gasteiger charge is -2.24. The van der Waals surface area contributed by atoms with Crippen LogP contribution in [0.25, 0.3) is 0 Å². The number of allylic oxidation sites excluding steroid dienone is 2. The lowest BCUT2D eigenvalue weighted by atomic mass is 10.1. The summed E-state index contributed by atoms with van der Waals surface area (Å²) in [6, 6.07) is 5.18. The van der Waals surface area contributed by atoms with Gasteiger partial charge in [0.25, 0.3) is 0 Å². The number of anilines is 1. The second-order valence-corrected chi connectivity index (χ2v) is 5.73. The third kappa shape index (κ3) is 3.65. The zero-order valence-electron chi connectivity index (χ0n) is 12.4. The van der Waals surface area contributed by atoms with E-state index in [-0.39, 0.29) is 11.3 Å². The Labute approximate surface area is 146 Å². The summed E-state index contributed by atoms with van der Waals surface area (Å²) in [5, 5.41) is 0.408. The predicted octanol–water partition coefficient (Wildman–Crippen LogP) is 3.59. The van der Waals surface area contributed by atoms with Crippen LogP contribution in [0.15, 0.2) is 58.4 Å². The number of methoxy groups -OCH3 is 2. The number of esters is 2. The van der Waals surface area contributed by atoms with E-state index in [1.807, 2.05) is 0 Å². The molecule has 0 fully saturated rings. The molecule has 23 heavy (non-hydrogen) atoms. The van der Waals surface area contributed by atoms with E-state index in [1.54, 1.807) is 36.6 Å². The van der Waals surface area contributed by atoms with Gasteiger partial charge in [0.1, 0.15) is 5.70 Å². The van der Waals surface area contributed by atoms with Crippen molar-refractivity contribution in [2.75, 3.05) is 19.1 Å². The molecule has 1 heterocycles. The molecule has 1 aromatic rings. The molecule has 0 atom stereocenters. The first-order valence-corrected chi connectivity index (χ1v) is 7.66. The first kappa shape index (κ1) is 17.3. The quantitative estimate of drug-likeness (QED) is 0.728. The fourth-order valence-corrected chi connectivity index (χ4v) is 2.58. The number of hydrogen-bond donors (Lipinski definition) is 0. The van der Waals surface area contributed by atoms with Crippen LogP contribution in [-0.2, 0) is 19.1 Å². The highest BCUT2D eigenvalue weighted by Crippen LogP contribution is 2.34. The van der Waals surface area contributed by atoms with Gasteiger partial charge in [-0.15, -0.1) is 0 Å². The Hall–Kier alpha value is -2.05. The van der Waals surface area contributed by atoms with Gasteiger partial charge in [-0.25, -0.2) is 9.59 Å². The Morgan fingerprint density at radius 2 is 1.83 bits per heavy atom. The highest BCUT2D eigenvalue weighted by Gasteiger charge is 2.28. The average Bonchev–Trinajstić information content (AvgIpc) is 2.78. The van der Waals surface area contributed by atoms with E-state index in [2.05, 4.69) is 15.9 Å². The summed E-state index contributed by atoms with van der Waals surface area (Å²) in [5.74, 6) is -1.33.